The zero-order chi connectivity index (χ0) is 12.6. The van der Waals surface area contributed by atoms with Crippen LogP contribution in [0, 0.1) is 5.41 Å². The summed E-state index contributed by atoms with van der Waals surface area (Å²) < 4.78 is 12.4. The summed E-state index contributed by atoms with van der Waals surface area (Å²) in [5.74, 6) is -0.244. The maximum atomic E-state index is 11.2. The highest BCUT2D eigenvalue weighted by atomic mass is 16.6. The van der Waals surface area contributed by atoms with Crippen molar-refractivity contribution >= 4 is 5.97 Å². The standard InChI is InChI=1S/C10H14N4O4/c15-9(16)10(1-2-10)6-14-8(11-12-13-14)7-5-17-3-4-18-7/h7H,1-6H2,(H,15,16). The number of carbonyl (C=O) groups is 1. The molecule has 1 unspecified atom stereocenters. The van der Waals surface area contributed by atoms with Gasteiger partial charge in [-0.3, -0.25) is 4.79 Å². The fourth-order valence-electron chi connectivity index (χ4n) is 2.07. The van der Waals surface area contributed by atoms with Crippen LogP contribution in [-0.2, 0) is 20.8 Å². The first-order valence-corrected chi connectivity index (χ1v) is 5.90. The van der Waals surface area contributed by atoms with E-state index in [4.69, 9.17) is 14.6 Å². The van der Waals surface area contributed by atoms with Gasteiger partial charge in [0.05, 0.1) is 31.8 Å². The summed E-state index contributed by atoms with van der Waals surface area (Å²) in [7, 11) is 0. The lowest BCUT2D eigenvalue weighted by atomic mass is 10.1. The summed E-state index contributed by atoms with van der Waals surface area (Å²) in [6.07, 6.45) is 1.03. The lowest BCUT2D eigenvalue weighted by Gasteiger charge is -2.22. The van der Waals surface area contributed by atoms with Crippen LogP contribution in [0.2, 0.25) is 0 Å². The third-order valence-corrected chi connectivity index (χ3v) is 3.42. The lowest BCUT2D eigenvalue weighted by Crippen LogP contribution is -2.28. The topological polar surface area (TPSA) is 99.4 Å². The number of tetrazole rings is 1. The van der Waals surface area contributed by atoms with Crippen LogP contribution >= 0.6 is 0 Å². The molecule has 2 aliphatic rings. The molecule has 1 aromatic heterocycles. The SMILES string of the molecule is O=C(O)C1(Cn2nnnc2C2COCCO2)CC1. The molecule has 8 nitrogen and oxygen atoms in total. The Morgan fingerprint density at radius 2 is 2.33 bits per heavy atom. The van der Waals surface area contributed by atoms with Crippen molar-refractivity contribution < 1.29 is 19.4 Å². The molecule has 0 aromatic carbocycles. The average molecular weight is 254 g/mol. The van der Waals surface area contributed by atoms with Crippen LogP contribution in [0.1, 0.15) is 24.8 Å². The first-order valence-electron chi connectivity index (χ1n) is 5.90. The van der Waals surface area contributed by atoms with E-state index >= 15 is 0 Å². The minimum atomic E-state index is -0.787. The number of hydrogen-bond donors (Lipinski definition) is 1. The normalized spacial score (nSPS) is 25.9. The van der Waals surface area contributed by atoms with E-state index in [-0.39, 0.29) is 6.10 Å². The van der Waals surface area contributed by atoms with Gasteiger partial charge in [0.1, 0.15) is 6.10 Å². The molecule has 3 rings (SSSR count). The molecule has 98 valence electrons. The molecule has 0 radical (unpaired) electrons. The van der Waals surface area contributed by atoms with Gasteiger partial charge in [0.2, 0.25) is 0 Å². The third-order valence-electron chi connectivity index (χ3n) is 3.42. The highest BCUT2D eigenvalue weighted by Gasteiger charge is 2.51. The first kappa shape index (κ1) is 11.5. The minimum Gasteiger partial charge on any atom is -0.481 e. The number of nitrogens with zero attached hydrogens (tertiary/aromatic N) is 4. The molecule has 2 heterocycles. The molecule has 1 N–H and O–H groups in total. The summed E-state index contributed by atoms with van der Waals surface area (Å²) in [6.45, 7) is 1.77. The van der Waals surface area contributed by atoms with E-state index in [0.717, 1.165) is 0 Å². The number of carboxylic acid groups (broad SMARTS) is 1. The summed E-state index contributed by atoms with van der Waals surface area (Å²) in [6, 6.07) is 0. The van der Waals surface area contributed by atoms with Gasteiger partial charge >= 0.3 is 5.97 Å². The Balaban J connectivity index is 1.77. The minimum absolute atomic E-state index is 0.296. The van der Waals surface area contributed by atoms with Gasteiger partial charge in [-0.05, 0) is 23.3 Å². The smallest absolute Gasteiger partial charge is 0.311 e. The van der Waals surface area contributed by atoms with Crippen molar-refractivity contribution in [1.82, 2.24) is 20.2 Å². The fraction of sp³-hybridized carbons (Fsp3) is 0.800. The zero-order valence-electron chi connectivity index (χ0n) is 9.78. The summed E-state index contributed by atoms with van der Waals surface area (Å²) >= 11 is 0. The van der Waals surface area contributed by atoms with E-state index in [0.29, 0.717) is 45.0 Å². The Bertz CT molecular complexity index is 450. The van der Waals surface area contributed by atoms with E-state index in [1.54, 1.807) is 0 Å². The highest BCUT2D eigenvalue weighted by molar-refractivity contribution is 5.77. The van der Waals surface area contributed by atoms with Crippen molar-refractivity contribution in [3.05, 3.63) is 5.82 Å². The predicted octanol–water partition coefficient (Wildman–Crippen LogP) is -0.374. The molecule has 18 heavy (non-hydrogen) atoms. The van der Waals surface area contributed by atoms with Gasteiger partial charge in [-0.2, -0.15) is 0 Å². The fourth-order valence-corrected chi connectivity index (χ4v) is 2.07. The number of rotatable bonds is 4. The number of hydrogen-bond acceptors (Lipinski definition) is 6. The number of aromatic nitrogens is 4. The second-order valence-corrected chi connectivity index (χ2v) is 4.71. The predicted molar refractivity (Wildman–Crippen MR) is 56.6 cm³/mol. The van der Waals surface area contributed by atoms with E-state index in [1.165, 1.54) is 4.68 Å². The van der Waals surface area contributed by atoms with Crippen LogP contribution in [-0.4, -0.2) is 51.1 Å². The molecule has 1 saturated heterocycles. The van der Waals surface area contributed by atoms with Gasteiger partial charge in [-0.15, -0.1) is 5.10 Å². The maximum absolute atomic E-state index is 11.2. The largest absolute Gasteiger partial charge is 0.481 e. The average Bonchev–Trinajstić information content (AvgIpc) is 3.02. The third kappa shape index (κ3) is 1.97. The van der Waals surface area contributed by atoms with Crippen molar-refractivity contribution in [2.45, 2.75) is 25.5 Å². The van der Waals surface area contributed by atoms with Crippen LogP contribution in [0.4, 0.5) is 0 Å². The van der Waals surface area contributed by atoms with E-state index in [2.05, 4.69) is 15.5 Å². The van der Waals surface area contributed by atoms with Crippen molar-refractivity contribution in [2.24, 2.45) is 5.41 Å². The van der Waals surface area contributed by atoms with Crippen molar-refractivity contribution in [3.63, 3.8) is 0 Å². The van der Waals surface area contributed by atoms with Gasteiger partial charge in [0, 0.05) is 0 Å². The number of aliphatic carboxylic acids is 1. The molecule has 1 aliphatic carbocycles. The molecule has 1 aromatic rings. The maximum Gasteiger partial charge on any atom is 0.311 e. The molecule has 1 atom stereocenters. The molecule has 1 saturated carbocycles. The van der Waals surface area contributed by atoms with Gasteiger partial charge in [-0.1, -0.05) is 0 Å². The van der Waals surface area contributed by atoms with E-state index in [1.807, 2.05) is 0 Å². The van der Waals surface area contributed by atoms with Gasteiger partial charge in [0.15, 0.2) is 5.82 Å². The van der Waals surface area contributed by atoms with Crippen molar-refractivity contribution in [1.29, 1.82) is 0 Å². The summed E-state index contributed by atoms with van der Waals surface area (Å²) in [5.41, 5.74) is -0.695. The van der Waals surface area contributed by atoms with Gasteiger partial charge < -0.3 is 14.6 Å². The summed E-state index contributed by atoms with van der Waals surface area (Å²) in [4.78, 5) is 11.2. The van der Waals surface area contributed by atoms with E-state index < -0.39 is 11.4 Å². The molecule has 0 spiro atoms. The second-order valence-electron chi connectivity index (χ2n) is 4.71. The van der Waals surface area contributed by atoms with Gasteiger partial charge in [0.25, 0.3) is 0 Å². The second kappa shape index (κ2) is 4.29. The van der Waals surface area contributed by atoms with Crippen LogP contribution in [0.3, 0.4) is 0 Å². The Kier molecular flexibility index (Phi) is 2.75. The Morgan fingerprint density at radius 3 is 2.94 bits per heavy atom. The first-order chi connectivity index (χ1) is 8.71. The molecule has 1 aliphatic heterocycles. The van der Waals surface area contributed by atoms with Crippen LogP contribution in [0.15, 0.2) is 0 Å². The Morgan fingerprint density at radius 1 is 1.50 bits per heavy atom. The van der Waals surface area contributed by atoms with Crippen molar-refractivity contribution in [2.75, 3.05) is 19.8 Å². The quantitative estimate of drug-likeness (QED) is 0.782. The molecular formula is C10H14N4O4. The van der Waals surface area contributed by atoms with E-state index in [9.17, 15) is 4.79 Å². The van der Waals surface area contributed by atoms with Crippen molar-refractivity contribution in [3.8, 4) is 0 Å². The molecule has 0 amide bonds. The molecule has 2 fully saturated rings. The summed E-state index contributed by atoms with van der Waals surface area (Å²) in [5, 5.41) is 20.5. The molecule has 0 bridgehead atoms. The lowest BCUT2D eigenvalue weighted by molar-refractivity contribution is -0.144. The van der Waals surface area contributed by atoms with Gasteiger partial charge in [-0.25, -0.2) is 4.68 Å². The van der Waals surface area contributed by atoms with Crippen LogP contribution in [0.25, 0.3) is 0 Å². The molecule has 8 heteroatoms. The Hall–Kier alpha value is -1.54. The molecular weight excluding hydrogens is 240 g/mol. The zero-order valence-corrected chi connectivity index (χ0v) is 9.78. The highest BCUT2D eigenvalue weighted by Crippen LogP contribution is 2.47. The van der Waals surface area contributed by atoms with Crippen LogP contribution in [0.5, 0.6) is 0 Å². The van der Waals surface area contributed by atoms with Crippen LogP contribution < -0.4 is 0 Å². The Labute approximate surface area is 103 Å². The number of carboxylic acids is 1. The number of ether oxygens (including phenoxy) is 2. The monoisotopic (exact) mass is 254 g/mol.